The number of nitrogen functional groups attached to an aromatic ring is 1. The number of nitrogens with two attached hydrogens (primary N) is 1. The first kappa shape index (κ1) is 12.0. The third-order valence-electron chi connectivity index (χ3n) is 2.54. The Labute approximate surface area is 110 Å². The summed E-state index contributed by atoms with van der Waals surface area (Å²) in [5.74, 6) is 0. The van der Waals surface area contributed by atoms with Crippen LogP contribution in [-0.2, 0) is 6.54 Å². The van der Waals surface area contributed by atoms with Crippen molar-refractivity contribution in [3.63, 3.8) is 0 Å². The van der Waals surface area contributed by atoms with Gasteiger partial charge in [0.05, 0.1) is 0 Å². The van der Waals surface area contributed by atoms with Crippen LogP contribution in [0, 0.1) is 6.92 Å². The molecule has 0 unspecified atom stereocenters. The van der Waals surface area contributed by atoms with Crippen LogP contribution in [0.2, 0.25) is 0 Å². The minimum atomic E-state index is 0.782. The maximum Gasteiger partial charge on any atom is 0.0412 e. The van der Waals surface area contributed by atoms with Crippen LogP contribution in [0.1, 0.15) is 11.1 Å². The zero-order valence-electron chi connectivity index (χ0n) is 9.70. The average Bonchev–Trinajstić information content (AvgIpc) is 2.27. The lowest BCUT2D eigenvalue weighted by Crippen LogP contribution is -2.01. The van der Waals surface area contributed by atoms with E-state index in [2.05, 4.69) is 33.4 Å². The molecule has 0 aliphatic carbocycles. The molecule has 2 nitrogen and oxygen atoms in total. The van der Waals surface area contributed by atoms with Crippen molar-refractivity contribution in [3.8, 4) is 0 Å². The lowest BCUT2D eigenvalue weighted by atomic mass is 10.2. The predicted octanol–water partition coefficient (Wildman–Crippen LogP) is 3.95. The number of benzene rings is 2. The quantitative estimate of drug-likeness (QED) is 0.840. The van der Waals surface area contributed by atoms with E-state index >= 15 is 0 Å². The van der Waals surface area contributed by atoms with E-state index in [-0.39, 0.29) is 0 Å². The van der Waals surface area contributed by atoms with Gasteiger partial charge in [-0.3, -0.25) is 0 Å². The van der Waals surface area contributed by atoms with E-state index in [1.54, 1.807) is 0 Å². The van der Waals surface area contributed by atoms with Crippen molar-refractivity contribution in [3.05, 3.63) is 58.1 Å². The Balaban J connectivity index is 2.10. The van der Waals surface area contributed by atoms with Crippen molar-refractivity contribution < 1.29 is 0 Å². The van der Waals surface area contributed by atoms with E-state index < -0.39 is 0 Å². The average molecular weight is 291 g/mol. The van der Waals surface area contributed by atoms with Crippen LogP contribution in [0.4, 0.5) is 11.4 Å². The van der Waals surface area contributed by atoms with E-state index in [0.717, 1.165) is 22.4 Å². The van der Waals surface area contributed by atoms with Gasteiger partial charge in [-0.25, -0.2) is 0 Å². The molecule has 0 fully saturated rings. The smallest absolute Gasteiger partial charge is 0.0412 e. The summed E-state index contributed by atoms with van der Waals surface area (Å²) in [7, 11) is 0. The largest absolute Gasteiger partial charge is 0.399 e. The second-order valence-corrected chi connectivity index (χ2v) is 4.93. The second kappa shape index (κ2) is 5.23. The minimum Gasteiger partial charge on any atom is -0.399 e. The maximum atomic E-state index is 5.81. The molecule has 0 heterocycles. The molecule has 0 amide bonds. The fourth-order valence-corrected chi connectivity index (χ4v) is 2.18. The molecule has 88 valence electrons. The summed E-state index contributed by atoms with van der Waals surface area (Å²) in [6.45, 7) is 2.82. The van der Waals surface area contributed by atoms with Crippen LogP contribution >= 0.6 is 15.9 Å². The Hall–Kier alpha value is -1.48. The highest BCUT2D eigenvalue weighted by atomic mass is 79.9. The molecule has 0 atom stereocenters. The summed E-state index contributed by atoms with van der Waals surface area (Å²) in [4.78, 5) is 0. The highest BCUT2D eigenvalue weighted by Crippen LogP contribution is 2.20. The summed E-state index contributed by atoms with van der Waals surface area (Å²) >= 11 is 3.53. The number of nitrogens with one attached hydrogen (secondary N) is 1. The molecular formula is C14H15BrN2. The summed E-state index contributed by atoms with van der Waals surface area (Å²) < 4.78 is 1.12. The molecule has 2 rings (SSSR count). The summed E-state index contributed by atoms with van der Waals surface area (Å²) in [5, 5.41) is 3.37. The first-order valence-corrected chi connectivity index (χ1v) is 6.29. The van der Waals surface area contributed by atoms with Gasteiger partial charge in [0.1, 0.15) is 0 Å². The number of halogens is 1. The molecule has 0 aliphatic heterocycles. The van der Waals surface area contributed by atoms with Gasteiger partial charge in [0.25, 0.3) is 0 Å². The van der Waals surface area contributed by atoms with Gasteiger partial charge < -0.3 is 11.1 Å². The zero-order chi connectivity index (χ0) is 12.3. The zero-order valence-corrected chi connectivity index (χ0v) is 11.3. The van der Waals surface area contributed by atoms with Crippen LogP contribution in [0.3, 0.4) is 0 Å². The minimum absolute atomic E-state index is 0.782. The number of hydrogen-bond acceptors (Lipinski definition) is 2. The molecule has 0 aromatic heterocycles. The number of anilines is 2. The Morgan fingerprint density at radius 3 is 2.65 bits per heavy atom. The number of hydrogen-bond donors (Lipinski definition) is 2. The topological polar surface area (TPSA) is 38.0 Å². The number of aryl methyl sites for hydroxylation is 1. The van der Waals surface area contributed by atoms with Crippen molar-refractivity contribution >= 4 is 27.3 Å². The van der Waals surface area contributed by atoms with Gasteiger partial charge in [0.15, 0.2) is 0 Å². The Morgan fingerprint density at radius 1 is 1.18 bits per heavy atom. The van der Waals surface area contributed by atoms with E-state index in [9.17, 15) is 0 Å². The molecule has 0 bridgehead atoms. The molecule has 0 spiro atoms. The Kier molecular flexibility index (Phi) is 3.69. The van der Waals surface area contributed by atoms with Gasteiger partial charge in [0, 0.05) is 22.4 Å². The van der Waals surface area contributed by atoms with E-state index in [1.807, 2.05) is 37.3 Å². The fourth-order valence-electron chi connectivity index (χ4n) is 1.75. The highest BCUT2D eigenvalue weighted by Gasteiger charge is 1.99. The van der Waals surface area contributed by atoms with E-state index in [1.165, 1.54) is 11.1 Å². The molecule has 0 aliphatic rings. The predicted molar refractivity (Wildman–Crippen MR) is 77.1 cm³/mol. The van der Waals surface area contributed by atoms with Gasteiger partial charge in [-0.2, -0.15) is 0 Å². The van der Waals surface area contributed by atoms with Gasteiger partial charge >= 0.3 is 0 Å². The maximum absolute atomic E-state index is 5.81. The molecule has 2 aromatic carbocycles. The van der Waals surface area contributed by atoms with Crippen LogP contribution in [0.25, 0.3) is 0 Å². The van der Waals surface area contributed by atoms with Crippen LogP contribution in [0.5, 0.6) is 0 Å². The highest BCUT2D eigenvalue weighted by molar-refractivity contribution is 9.10. The van der Waals surface area contributed by atoms with Crippen molar-refractivity contribution in [2.24, 2.45) is 0 Å². The molecule has 17 heavy (non-hydrogen) atoms. The SMILES string of the molecule is Cc1cc(N)cc(NCc2ccccc2Br)c1. The van der Waals surface area contributed by atoms with Crippen molar-refractivity contribution in [1.82, 2.24) is 0 Å². The lowest BCUT2D eigenvalue weighted by molar-refractivity contribution is 1.14. The normalized spacial score (nSPS) is 10.2. The summed E-state index contributed by atoms with van der Waals surface area (Å²) in [5.41, 5.74) is 10.0. The first-order valence-electron chi connectivity index (χ1n) is 5.49. The molecular weight excluding hydrogens is 276 g/mol. The monoisotopic (exact) mass is 290 g/mol. The lowest BCUT2D eigenvalue weighted by Gasteiger charge is -2.09. The van der Waals surface area contributed by atoms with Crippen molar-refractivity contribution in [2.75, 3.05) is 11.1 Å². The Bertz CT molecular complexity index is 503. The number of rotatable bonds is 3. The molecule has 2 aromatic rings. The van der Waals surface area contributed by atoms with Gasteiger partial charge in [-0.05, 0) is 42.3 Å². The Morgan fingerprint density at radius 2 is 1.94 bits per heavy atom. The molecule has 3 N–H and O–H groups in total. The van der Waals surface area contributed by atoms with Crippen molar-refractivity contribution in [2.45, 2.75) is 13.5 Å². The summed E-state index contributed by atoms with van der Waals surface area (Å²) in [6.07, 6.45) is 0. The standard InChI is InChI=1S/C14H15BrN2/c1-10-6-12(16)8-13(7-10)17-9-11-4-2-3-5-14(11)15/h2-8,17H,9,16H2,1H3. The van der Waals surface area contributed by atoms with Crippen LogP contribution < -0.4 is 11.1 Å². The second-order valence-electron chi connectivity index (χ2n) is 4.08. The van der Waals surface area contributed by atoms with E-state index in [0.29, 0.717) is 0 Å². The summed E-state index contributed by atoms with van der Waals surface area (Å²) in [6, 6.07) is 14.2. The van der Waals surface area contributed by atoms with Crippen molar-refractivity contribution in [1.29, 1.82) is 0 Å². The van der Waals surface area contributed by atoms with E-state index in [4.69, 9.17) is 5.73 Å². The van der Waals surface area contributed by atoms with Crippen LogP contribution in [0.15, 0.2) is 46.9 Å². The molecule has 0 radical (unpaired) electrons. The third kappa shape index (κ3) is 3.24. The molecule has 0 saturated heterocycles. The molecule has 0 saturated carbocycles. The van der Waals surface area contributed by atoms with Gasteiger partial charge in [-0.1, -0.05) is 34.1 Å². The molecule has 3 heteroatoms. The van der Waals surface area contributed by atoms with Gasteiger partial charge in [0.2, 0.25) is 0 Å². The van der Waals surface area contributed by atoms with Crippen LogP contribution in [-0.4, -0.2) is 0 Å². The third-order valence-corrected chi connectivity index (χ3v) is 3.31. The fraction of sp³-hybridized carbons (Fsp3) is 0.143. The first-order chi connectivity index (χ1) is 8.15. The van der Waals surface area contributed by atoms with Gasteiger partial charge in [-0.15, -0.1) is 0 Å².